The summed E-state index contributed by atoms with van der Waals surface area (Å²) in [5.41, 5.74) is 0.516. The summed E-state index contributed by atoms with van der Waals surface area (Å²) in [4.78, 5) is 35.8. The lowest BCUT2D eigenvalue weighted by Gasteiger charge is -2.26. The molecule has 1 aliphatic heterocycles. The summed E-state index contributed by atoms with van der Waals surface area (Å²) in [5.74, 6) is -0.639. The number of hydrogen-bond donors (Lipinski definition) is 1. The summed E-state index contributed by atoms with van der Waals surface area (Å²) in [7, 11) is 0. The Hall–Kier alpha value is -3.33. The van der Waals surface area contributed by atoms with Crippen LogP contribution >= 0.6 is 0 Å². The number of amides is 1. The minimum absolute atomic E-state index is 0.0846. The normalized spacial score (nSPS) is 14.4. The van der Waals surface area contributed by atoms with Gasteiger partial charge < -0.3 is 5.32 Å². The van der Waals surface area contributed by atoms with Crippen LogP contribution in [0.2, 0.25) is 0 Å². The van der Waals surface area contributed by atoms with Crippen LogP contribution in [0, 0.1) is 27.2 Å². The number of rotatable bonds is 6. The molecule has 1 heterocycles. The Balaban J connectivity index is 1.74. The molecule has 0 radical (unpaired) electrons. The number of benzene rings is 2. The van der Waals surface area contributed by atoms with Gasteiger partial charge in [0.1, 0.15) is 5.56 Å². The van der Waals surface area contributed by atoms with Gasteiger partial charge in [-0.25, -0.2) is 0 Å². The second kappa shape index (κ2) is 8.78. The lowest BCUT2D eigenvalue weighted by molar-refractivity contribution is -0.395. The fraction of sp³-hybridized carbons (Fsp3) is 0.350. The number of nitrogens with zero attached hydrogens (tertiary/aromatic N) is 3. The zero-order valence-corrected chi connectivity index (χ0v) is 16.1. The lowest BCUT2D eigenvalue weighted by Crippen LogP contribution is -2.29. The van der Waals surface area contributed by atoms with Crippen molar-refractivity contribution in [3.8, 4) is 0 Å². The van der Waals surface area contributed by atoms with E-state index >= 15 is 0 Å². The molecule has 2 aromatic carbocycles. The van der Waals surface area contributed by atoms with E-state index in [0.717, 1.165) is 37.3 Å². The Kier molecular flexibility index (Phi) is 6.18. The van der Waals surface area contributed by atoms with Crippen LogP contribution in [-0.2, 0) is 6.54 Å². The topological polar surface area (TPSA) is 119 Å². The fourth-order valence-electron chi connectivity index (χ4n) is 3.47. The average molecular weight is 398 g/mol. The van der Waals surface area contributed by atoms with Crippen molar-refractivity contribution in [3.05, 3.63) is 73.3 Å². The van der Waals surface area contributed by atoms with Crippen LogP contribution in [0.4, 0.5) is 17.1 Å². The molecule has 0 spiro atoms. The molecule has 1 N–H and O–H groups in total. The highest BCUT2D eigenvalue weighted by Crippen LogP contribution is 2.29. The number of nitro groups is 2. The third-order valence-corrected chi connectivity index (χ3v) is 5.08. The lowest BCUT2D eigenvalue weighted by atomic mass is 10.1. The first-order valence-corrected chi connectivity index (χ1v) is 9.41. The highest BCUT2D eigenvalue weighted by Gasteiger charge is 2.25. The van der Waals surface area contributed by atoms with Crippen LogP contribution in [-0.4, -0.2) is 33.7 Å². The predicted octanol–water partition coefficient (Wildman–Crippen LogP) is 4.05. The van der Waals surface area contributed by atoms with E-state index in [1.807, 2.05) is 12.1 Å². The molecule has 3 rings (SSSR count). The quantitative estimate of drug-likeness (QED) is 0.579. The summed E-state index contributed by atoms with van der Waals surface area (Å²) < 4.78 is 0. The molecule has 1 saturated heterocycles. The van der Waals surface area contributed by atoms with Crippen molar-refractivity contribution >= 4 is 23.0 Å². The van der Waals surface area contributed by atoms with Crippen LogP contribution < -0.4 is 5.32 Å². The maximum absolute atomic E-state index is 12.5. The minimum atomic E-state index is -0.728. The minimum Gasteiger partial charge on any atom is -0.322 e. The number of nitro benzene ring substituents is 2. The number of anilines is 1. The molecule has 1 aliphatic rings. The van der Waals surface area contributed by atoms with E-state index in [1.165, 1.54) is 26.2 Å². The SMILES string of the molecule is Cc1c([N+](=O)[O-])cc(C(=O)Nc2ccc(CN3CCCCC3)cc2)cc1[N+](=O)[O-]. The molecule has 0 aromatic heterocycles. The van der Waals surface area contributed by atoms with Gasteiger partial charge in [0.15, 0.2) is 0 Å². The molecule has 29 heavy (non-hydrogen) atoms. The van der Waals surface area contributed by atoms with Crippen LogP contribution in [0.25, 0.3) is 0 Å². The second-order valence-corrected chi connectivity index (χ2v) is 7.14. The zero-order chi connectivity index (χ0) is 21.0. The van der Waals surface area contributed by atoms with E-state index in [2.05, 4.69) is 10.2 Å². The van der Waals surface area contributed by atoms with E-state index in [-0.39, 0.29) is 11.1 Å². The van der Waals surface area contributed by atoms with Crippen LogP contribution in [0.3, 0.4) is 0 Å². The second-order valence-electron chi connectivity index (χ2n) is 7.14. The number of piperidine rings is 1. The van der Waals surface area contributed by atoms with Crippen molar-refractivity contribution in [3.63, 3.8) is 0 Å². The van der Waals surface area contributed by atoms with E-state index in [1.54, 1.807) is 12.1 Å². The molecular weight excluding hydrogens is 376 g/mol. The Morgan fingerprint density at radius 1 is 1.00 bits per heavy atom. The Labute approximate surface area is 167 Å². The van der Waals surface area contributed by atoms with E-state index < -0.39 is 27.1 Å². The van der Waals surface area contributed by atoms with E-state index in [0.29, 0.717) is 5.69 Å². The van der Waals surface area contributed by atoms with Crippen molar-refractivity contribution in [1.82, 2.24) is 4.90 Å². The first-order chi connectivity index (χ1) is 13.8. The van der Waals surface area contributed by atoms with Gasteiger partial charge >= 0.3 is 0 Å². The summed E-state index contributed by atoms with van der Waals surface area (Å²) >= 11 is 0. The van der Waals surface area contributed by atoms with E-state index in [9.17, 15) is 25.0 Å². The van der Waals surface area contributed by atoms with Crippen LogP contribution in [0.5, 0.6) is 0 Å². The summed E-state index contributed by atoms with van der Waals surface area (Å²) in [6.07, 6.45) is 3.70. The van der Waals surface area contributed by atoms with Crippen molar-refractivity contribution in [2.24, 2.45) is 0 Å². The standard InChI is InChI=1S/C20H22N4O5/c1-14-18(23(26)27)11-16(12-19(14)24(28)29)20(25)21-17-7-5-15(6-8-17)13-22-9-3-2-4-10-22/h5-8,11-12H,2-4,9-10,13H2,1H3,(H,21,25). The maximum Gasteiger partial charge on any atom is 0.279 e. The molecule has 9 heteroatoms. The number of carbonyl (C=O) groups is 1. The average Bonchev–Trinajstić information content (AvgIpc) is 2.70. The van der Waals surface area contributed by atoms with Crippen molar-refractivity contribution in [1.29, 1.82) is 0 Å². The monoisotopic (exact) mass is 398 g/mol. The van der Waals surface area contributed by atoms with Gasteiger partial charge in [-0.3, -0.25) is 29.9 Å². The summed E-state index contributed by atoms with van der Waals surface area (Å²) in [6, 6.07) is 9.47. The smallest absolute Gasteiger partial charge is 0.279 e. The Morgan fingerprint density at radius 2 is 1.55 bits per heavy atom. The zero-order valence-electron chi connectivity index (χ0n) is 16.1. The molecule has 2 aromatic rings. The van der Waals surface area contributed by atoms with Crippen molar-refractivity contribution in [2.75, 3.05) is 18.4 Å². The van der Waals surface area contributed by atoms with Gasteiger partial charge in [0.25, 0.3) is 17.3 Å². The van der Waals surface area contributed by atoms with Gasteiger partial charge in [-0.2, -0.15) is 0 Å². The summed E-state index contributed by atoms with van der Waals surface area (Å²) in [5, 5.41) is 25.0. The molecule has 0 unspecified atom stereocenters. The molecule has 0 aliphatic carbocycles. The number of nitrogens with one attached hydrogen (secondary N) is 1. The first kappa shape index (κ1) is 20.4. The molecule has 1 fully saturated rings. The predicted molar refractivity (Wildman–Crippen MR) is 108 cm³/mol. The largest absolute Gasteiger partial charge is 0.322 e. The van der Waals surface area contributed by atoms with Crippen LogP contribution in [0.15, 0.2) is 36.4 Å². The maximum atomic E-state index is 12.5. The molecule has 0 saturated carbocycles. The highest BCUT2D eigenvalue weighted by molar-refractivity contribution is 6.05. The number of carbonyl (C=O) groups excluding carboxylic acids is 1. The molecular formula is C20H22N4O5. The molecule has 0 bridgehead atoms. The van der Waals surface area contributed by atoms with Gasteiger partial charge in [0.2, 0.25) is 0 Å². The Morgan fingerprint density at radius 3 is 2.07 bits per heavy atom. The van der Waals surface area contributed by atoms with Crippen molar-refractivity contribution < 1.29 is 14.6 Å². The van der Waals surface area contributed by atoms with Gasteiger partial charge in [0, 0.05) is 24.4 Å². The highest BCUT2D eigenvalue weighted by atomic mass is 16.6. The Bertz CT molecular complexity index is 901. The summed E-state index contributed by atoms with van der Waals surface area (Å²) in [6.45, 7) is 4.32. The van der Waals surface area contributed by atoms with Crippen LogP contribution in [0.1, 0.15) is 40.7 Å². The van der Waals surface area contributed by atoms with Crippen molar-refractivity contribution in [2.45, 2.75) is 32.7 Å². The first-order valence-electron chi connectivity index (χ1n) is 9.41. The molecule has 152 valence electrons. The number of likely N-dealkylation sites (tertiary alicyclic amines) is 1. The molecule has 9 nitrogen and oxygen atoms in total. The molecule has 0 atom stereocenters. The van der Waals surface area contributed by atoms with Gasteiger partial charge in [-0.05, 0) is 50.6 Å². The molecule has 1 amide bonds. The number of hydrogen-bond acceptors (Lipinski definition) is 6. The van der Waals surface area contributed by atoms with E-state index in [4.69, 9.17) is 0 Å². The third kappa shape index (κ3) is 4.94. The fourth-order valence-corrected chi connectivity index (χ4v) is 3.47. The van der Waals surface area contributed by atoms with Gasteiger partial charge in [0.05, 0.1) is 15.4 Å². The van der Waals surface area contributed by atoms with Gasteiger partial charge in [-0.1, -0.05) is 18.6 Å². The third-order valence-electron chi connectivity index (χ3n) is 5.08. The van der Waals surface area contributed by atoms with Gasteiger partial charge in [-0.15, -0.1) is 0 Å².